The first kappa shape index (κ1) is 18.3. The summed E-state index contributed by atoms with van der Waals surface area (Å²) in [6.07, 6.45) is 2.55. The van der Waals surface area contributed by atoms with Crippen molar-refractivity contribution in [3.8, 4) is 0 Å². The lowest BCUT2D eigenvalue weighted by atomic mass is 9.81. The SMILES string of the molecule is CCC(CC)(CNCC(C)C)CN1CCSC(C)C1C. The van der Waals surface area contributed by atoms with Crippen molar-refractivity contribution in [1.29, 1.82) is 0 Å². The van der Waals surface area contributed by atoms with E-state index in [1.807, 2.05) is 0 Å². The average molecular weight is 301 g/mol. The van der Waals surface area contributed by atoms with Gasteiger partial charge in [-0.05, 0) is 37.6 Å². The lowest BCUT2D eigenvalue weighted by Gasteiger charge is -2.44. The largest absolute Gasteiger partial charge is 0.316 e. The van der Waals surface area contributed by atoms with Crippen molar-refractivity contribution in [2.24, 2.45) is 11.3 Å². The van der Waals surface area contributed by atoms with Crippen LogP contribution >= 0.6 is 11.8 Å². The van der Waals surface area contributed by atoms with Crippen LogP contribution in [0.25, 0.3) is 0 Å². The molecular formula is C17H36N2S. The Balaban J connectivity index is 2.60. The minimum absolute atomic E-state index is 0.449. The van der Waals surface area contributed by atoms with Crippen LogP contribution in [-0.4, -0.2) is 48.1 Å². The molecule has 0 aliphatic carbocycles. The number of rotatable bonds is 8. The fourth-order valence-electron chi connectivity index (χ4n) is 3.06. The molecule has 0 aromatic carbocycles. The summed E-state index contributed by atoms with van der Waals surface area (Å²) in [6.45, 7) is 19.0. The van der Waals surface area contributed by atoms with Gasteiger partial charge >= 0.3 is 0 Å². The normalized spacial score (nSPS) is 25.4. The van der Waals surface area contributed by atoms with Gasteiger partial charge in [-0.3, -0.25) is 4.90 Å². The van der Waals surface area contributed by atoms with Crippen LogP contribution in [0.2, 0.25) is 0 Å². The Labute approximate surface area is 131 Å². The average Bonchev–Trinajstić information content (AvgIpc) is 2.42. The standard InChI is InChI=1S/C17H36N2S/c1-7-17(8-2,12-18-11-14(3)4)13-19-9-10-20-16(6)15(19)5/h14-16,18H,7-13H2,1-6H3. The van der Waals surface area contributed by atoms with Crippen molar-refractivity contribution in [2.45, 2.75) is 65.7 Å². The highest BCUT2D eigenvalue weighted by molar-refractivity contribution is 8.00. The first-order valence-corrected chi connectivity index (χ1v) is 9.55. The molecule has 1 rings (SSSR count). The summed E-state index contributed by atoms with van der Waals surface area (Å²) in [5.41, 5.74) is 0.449. The third-order valence-corrected chi connectivity index (χ3v) is 6.44. The lowest BCUT2D eigenvalue weighted by molar-refractivity contribution is 0.105. The number of thioether (sulfide) groups is 1. The first-order valence-electron chi connectivity index (χ1n) is 8.50. The Hall–Kier alpha value is 0.270. The van der Waals surface area contributed by atoms with Gasteiger partial charge in [-0.2, -0.15) is 11.8 Å². The molecule has 1 aliphatic heterocycles. The molecule has 1 aliphatic rings. The monoisotopic (exact) mass is 300 g/mol. The molecule has 2 nitrogen and oxygen atoms in total. The second kappa shape index (κ2) is 8.65. The maximum Gasteiger partial charge on any atom is 0.0184 e. The Morgan fingerprint density at radius 1 is 1.25 bits per heavy atom. The van der Waals surface area contributed by atoms with Gasteiger partial charge < -0.3 is 5.32 Å². The molecular weight excluding hydrogens is 264 g/mol. The molecule has 2 unspecified atom stereocenters. The number of hydrogen-bond acceptors (Lipinski definition) is 3. The summed E-state index contributed by atoms with van der Waals surface area (Å²) in [6, 6.07) is 0.719. The summed E-state index contributed by atoms with van der Waals surface area (Å²) in [5.74, 6) is 2.04. The van der Waals surface area contributed by atoms with E-state index in [1.165, 1.54) is 38.2 Å². The molecule has 0 spiro atoms. The van der Waals surface area contributed by atoms with Gasteiger partial charge in [0.1, 0.15) is 0 Å². The van der Waals surface area contributed by atoms with Crippen LogP contribution in [0.4, 0.5) is 0 Å². The second-order valence-electron chi connectivity index (χ2n) is 7.02. The Kier molecular flexibility index (Phi) is 7.92. The van der Waals surface area contributed by atoms with E-state index >= 15 is 0 Å². The van der Waals surface area contributed by atoms with E-state index in [2.05, 4.69) is 63.5 Å². The number of hydrogen-bond donors (Lipinski definition) is 1. The molecule has 2 atom stereocenters. The molecule has 3 heteroatoms. The molecule has 1 heterocycles. The quantitative estimate of drug-likeness (QED) is 0.732. The zero-order valence-corrected chi connectivity index (χ0v) is 15.4. The van der Waals surface area contributed by atoms with Crippen molar-refractivity contribution < 1.29 is 0 Å². The van der Waals surface area contributed by atoms with Gasteiger partial charge in [0.2, 0.25) is 0 Å². The zero-order chi connectivity index (χ0) is 15.2. The van der Waals surface area contributed by atoms with Gasteiger partial charge in [0, 0.05) is 36.7 Å². The molecule has 0 radical (unpaired) electrons. The van der Waals surface area contributed by atoms with Gasteiger partial charge in [-0.1, -0.05) is 34.6 Å². The minimum Gasteiger partial charge on any atom is -0.316 e. The fraction of sp³-hybridized carbons (Fsp3) is 1.00. The van der Waals surface area contributed by atoms with Crippen molar-refractivity contribution in [3.63, 3.8) is 0 Å². The summed E-state index contributed by atoms with van der Waals surface area (Å²) in [7, 11) is 0. The van der Waals surface area contributed by atoms with E-state index in [9.17, 15) is 0 Å². The Bertz CT molecular complexity index is 264. The molecule has 20 heavy (non-hydrogen) atoms. The van der Waals surface area contributed by atoms with Crippen molar-refractivity contribution in [1.82, 2.24) is 10.2 Å². The molecule has 0 amide bonds. The van der Waals surface area contributed by atoms with Crippen LogP contribution < -0.4 is 5.32 Å². The highest BCUT2D eigenvalue weighted by atomic mass is 32.2. The van der Waals surface area contributed by atoms with Crippen LogP contribution in [0, 0.1) is 11.3 Å². The fourth-order valence-corrected chi connectivity index (χ4v) is 4.22. The maximum atomic E-state index is 3.71. The van der Waals surface area contributed by atoms with Gasteiger partial charge in [0.15, 0.2) is 0 Å². The summed E-state index contributed by atoms with van der Waals surface area (Å²) >= 11 is 2.14. The third-order valence-electron chi connectivity index (χ3n) is 5.11. The topological polar surface area (TPSA) is 15.3 Å². The van der Waals surface area contributed by atoms with Crippen LogP contribution in [0.15, 0.2) is 0 Å². The highest BCUT2D eigenvalue weighted by Gasteiger charge is 2.33. The van der Waals surface area contributed by atoms with Gasteiger partial charge in [0.25, 0.3) is 0 Å². The predicted octanol–water partition coefficient (Wildman–Crippen LogP) is 3.86. The van der Waals surface area contributed by atoms with Crippen molar-refractivity contribution in [2.75, 3.05) is 31.9 Å². The maximum absolute atomic E-state index is 3.71. The van der Waals surface area contributed by atoms with Gasteiger partial charge in [0.05, 0.1) is 0 Å². The van der Waals surface area contributed by atoms with E-state index in [1.54, 1.807) is 0 Å². The Morgan fingerprint density at radius 2 is 1.90 bits per heavy atom. The molecule has 1 saturated heterocycles. The summed E-state index contributed by atoms with van der Waals surface area (Å²) in [4.78, 5) is 2.74. The van der Waals surface area contributed by atoms with E-state index in [4.69, 9.17) is 0 Å². The van der Waals surface area contributed by atoms with E-state index in [0.717, 1.165) is 23.8 Å². The lowest BCUT2D eigenvalue weighted by Crippen LogP contribution is -2.51. The molecule has 0 bridgehead atoms. The second-order valence-corrected chi connectivity index (χ2v) is 8.50. The third kappa shape index (κ3) is 5.23. The van der Waals surface area contributed by atoms with Crippen molar-refractivity contribution in [3.05, 3.63) is 0 Å². The Morgan fingerprint density at radius 3 is 2.45 bits per heavy atom. The molecule has 0 saturated carbocycles. The zero-order valence-electron chi connectivity index (χ0n) is 14.5. The summed E-state index contributed by atoms with van der Waals surface area (Å²) in [5, 5.41) is 4.49. The summed E-state index contributed by atoms with van der Waals surface area (Å²) < 4.78 is 0. The molecule has 1 fully saturated rings. The van der Waals surface area contributed by atoms with Crippen LogP contribution in [0.3, 0.4) is 0 Å². The molecule has 1 N–H and O–H groups in total. The van der Waals surface area contributed by atoms with Crippen LogP contribution in [0.1, 0.15) is 54.4 Å². The smallest absolute Gasteiger partial charge is 0.0184 e. The van der Waals surface area contributed by atoms with E-state index < -0.39 is 0 Å². The predicted molar refractivity (Wildman–Crippen MR) is 93.7 cm³/mol. The highest BCUT2D eigenvalue weighted by Crippen LogP contribution is 2.32. The molecule has 0 aromatic rings. The number of nitrogens with one attached hydrogen (secondary N) is 1. The van der Waals surface area contributed by atoms with Gasteiger partial charge in [-0.25, -0.2) is 0 Å². The molecule has 120 valence electrons. The van der Waals surface area contributed by atoms with Crippen LogP contribution in [0.5, 0.6) is 0 Å². The number of nitrogens with zero attached hydrogens (tertiary/aromatic N) is 1. The van der Waals surface area contributed by atoms with E-state index in [-0.39, 0.29) is 0 Å². The first-order chi connectivity index (χ1) is 9.44. The minimum atomic E-state index is 0.449. The van der Waals surface area contributed by atoms with Crippen molar-refractivity contribution >= 4 is 11.8 Å². The molecule has 0 aromatic heterocycles. The van der Waals surface area contributed by atoms with E-state index in [0.29, 0.717) is 5.41 Å². The van der Waals surface area contributed by atoms with Crippen LogP contribution in [-0.2, 0) is 0 Å². The van der Waals surface area contributed by atoms with Gasteiger partial charge in [-0.15, -0.1) is 0 Å².